The molecule has 4 nitrogen and oxygen atoms in total. The number of carboxylic acids is 1. The van der Waals surface area contributed by atoms with Gasteiger partial charge in [-0.3, -0.25) is 9.59 Å². The number of carbonyl (C=O) groups is 2. The van der Waals surface area contributed by atoms with Gasteiger partial charge >= 0.3 is 11.9 Å². The van der Waals surface area contributed by atoms with Crippen LogP contribution in [0.5, 0.6) is 0 Å². The SMILES string of the molecule is C=COC(=O)CCC.CCC(C)C(=O)O. The van der Waals surface area contributed by atoms with E-state index >= 15 is 0 Å². The van der Waals surface area contributed by atoms with E-state index in [1.54, 1.807) is 6.92 Å². The summed E-state index contributed by atoms with van der Waals surface area (Å²) in [5.41, 5.74) is 0. The van der Waals surface area contributed by atoms with Crippen LogP contribution < -0.4 is 0 Å². The van der Waals surface area contributed by atoms with Crippen LogP contribution in [0.4, 0.5) is 0 Å². The van der Waals surface area contributed by atoms with E-state index in [1.165, 1.54) is 0 Å². The first-order valence-electron chi connectivity index (χ1n) is 5.02. The first kappa shape index (κ1) is 16.1. The van der Waals surface area contributed by atoms with Crippen LogP contribution in [0.1, 0.15) is 40.0 Å². The van der Waals surface area contributed by atoms with Crippen LogP contribution in [0.15, 0.2) is 12.8 Å². The molecule has 0 bridgehead atoms. The number of hydrogen-bond acceptors (Lipinski definition) is 3. The van der Waals surface area contributed by atoms with Gasteiger partial charge in [0.2, 0.25) is 0 Å². The van der Waals surface area contributed by atoms with E-state index in [4.69, 9.17) is 5.11 Å². The molecule has 0 radical (unpaired) electrons. The average Bonchev–Trinajstić information content (AvgIpc) is 2.18. The molecule has 0 aromatic heterocycles. The Morgan fingerprint density at radius 2 is 2.00 bits per heavy atom. The summed E-state index contributed by atoms with van der Waals surface area (Å²) < 4.78 is 4.41. The highest BCUT2D eigenvalue weighted by molar-refractivity contribution is 5.69. The van der Waals surface area contributed by atoms with Gasteiger partial charge in [-0.05, 0) is 12.8 Å². The minimum absolute atomic E-state index is 0.181. The Hall–Kier alpha value is -1.32. The molecule has 4 heteroatoms. The van der Waals surface area contributed by atoms with Gasteiger partial charge in [0.25, 0.3) is 0 Å². The van der Waals surface area contributed by atoms with Crippen molar-refractivity contribution >= 4 is 11.9 Å². The number of ether oxygens (including phenoxy) is 1. The zero-order valence-corrected chi connectivity index (χ0v) is 9.66. The van der Waals surface area contributed by atoms with Crippen molar-refractivity contribution < 1.29 is 19.4 Å². The molecular formula is C11H20O4. The Morgan fingerprint density at radius 3 is 2.20 bits per heavy atom. The number of carboxylic acid groups (broad SMARTS) is 1. The van der Waals surface area contributed by atoms with E-state index in [1.807, 2.05) is 13.8 Å². The van der Waals surface area contributed by atoms with Gasteiger partial charge in [0, 0.05) is 6.42 Å². The van der Waals surface area contributed by atoms with Gasteiger partial charge in [-0.1, -0.05) is 27.4 Å². The predicted molar refractivity (Wildman–Crippen MR) is 58.3 cm³/mol. The molecule has 0 rings (SSSR count). The molecule has 1 N–H and O–H groups in total. The lowest BCUT2D eigenvalue weighted by Gasteiger charge is -1.96. The Kier molecular flexibility index (Phi) is 11.6. The lowest BCUT2D eigenvalue weighted by atomic mass is 10.1. The second kappa shape index (κ2) is 10.8. The molecule has 0 saturated carbocycles. The first-order chi connectivity index (χ1) is 6.99. The Balaban J connectivity index is 0. The van der Waals surface area contributed by atoms with Crippen LogP contribution in [0.2, 0.25) is 0 Å². The smallest absolute Gasteiger partial charge is 0.310 e. The summed E-state index contributed by atoms with van der Waals surface area (Å²) >= 11 is 0. The maximum atomic E-state index is 10.3. The molecule has 0 heterocycles. The third-order valence-electron chi connectivity index (χ3n) is 1.70. The van der Waals surface area contributed by atoms with Crippen molar-refractivity contribution in [1.82, 2.24) is 0 Å². The summed E-state index contributed by atoms with van der Waals surface area (Å²) in [6.45, 7) is 8.72. The van der Waals surface area contributed by atoms with E-state index in [9.17, 15) is 9.59 Å². The van der Waals surface area contributed by atoms with Gasteiger partial charge in [-0.15, -0.1) is 0 Å². The second-order valence-electron chi connectivity index (χ2n) is 3.05. The molecule has 0 amide bonds. The highest BCUT2D eigenvalue weighted by Crippen LogP contribution is 1.97. The van der Waals surface area contributed by atoms with E-state index in [2.05, 4.69) is 11.3 Å². The molecule has 88 valence electrons. The lowest BCUT2D eigenvalue weighted by molar-refractivity contribution is -0.141. The van der Waals surface area contributed by atoms with Crippen LogP contribution >= 0.6 is 0 Å². The highest BCUT2D eigenvalue weighted by Gasteiger charge is 2.05. The van der Waals surface area contributed by atoms with Gasteiger partial charge in [0.1, 0.15) is 0 Å². The molecule has 1 atom stereocenters. The van der Waals surface area contributed by atoms with Gasteiger partial charge in [-0.2, -0.15) is 0 Å². The van der Waals surface area contributed by atoms with Crippen molar-refractivity contribution in [3.63, 3.8) is 0 Å². The van der Waals surface area contributed by atoms with Gasteiger partial charge in [-0.25, -0.2) is 0 Å². The number of hydrogen-bond donors (Lipinski definition) is 1. The fourth-order valence-corrected chi connectivity index (χ4v) is 0.531. The quantitative estimate of drug-likeness (QED) is 0.566. The largest absolute Gasteiger partial charge is 0.481 e. The van der Waals surface area contributed by atoms with Crippen LogP contribution in [0, 0.1) is 5.92 Å². The number of aliphatic carboxylic acids is 1. The Bertz CT molecular complexity index is 199. The minimum Gasteiger partial charge on any atom is -0.481 e. The van der Waals surface area contributed by atoms with Crippen molar-refractivity contribution in [2.24, 2.45) is 5.92 Å². The zero-order chi connectivity index (χ0) is 12.3. The summed E-state index contributed by atoms with van der Waals surface area (Å²) in [5.74, 6) is -1.09. The summed E-state index contributed by atoms with van der Waals surface area (Å²) in [5, 5.41) is 8.18. The molecule has 0 aromatic carbocycles. The third-order valence-corrected chi connectivity index (χ3v) is 1.70. The standard InChI is InChI=1S/C6H10O2.C5H10O2/c1-3-5-6(7)8-4-2;1-3-4(2)5(6)7/h4H,2-3,5H2,1H3;4H,3H2,1-2H3,(H,6,7). The molecule has 0 saturated heterocycles. The molecule has 0 fully saturated rings. The Labute approximate surface area is 90.9 Å². The number of esters is 1. The average molecular weight is 216 g/mol. The van der Waals surface area contributed by atoms with Crippen LogP contribution in [0.3, 0.4) is 0 Å². The summed E-state index contributed by atoms with van der Waals surface area (Å²) in [4.78, 5) is 20.3. The van der Waals surface area contributed by atoms with E-state index in [-0.39, 0.29) is 11.9 Å². The molecular weight excluding hydrogens is 196 g/mol. The lowest BCUT2D eigenvalue weighted by Crippen LogP contribution is -2.06. The Morgan fingerprint density at radius 1 is 1.47 bits per heavy atom. The van der Waals surface area contributed by atoms with Crippen molar-refractivity contribution in [2.75, 3.05) is 0 Å². The van der Waals surface area contributed by atoms with Crippen LogP contribution in [-0.4, -0.2) is 17.0 Å². The van der Waals surface area contributed by atoms with Crippen molar-refractivity contribution in [3.8, 4) is 0 Å². The van der Waals surface area contributed by atoms with Crippen LogP contribution in [-0.2, 0) is 14.3 Å². The summed E-state index contributed by atoms with van der Waals surface area (Å²) in [6, 6.07) is 0. The molecule has 1 unspecified atom stereocenters. The third kappa shape index (κ3) is 12.7. The topological polar surface area (TPSA) is 63.6 Å². The summed E-state index contributed by atoms with van der Waals surface area (Å²) in [7, 11) is 0. The van der Waals surface area contributed by atoms with E-state index in [0.29, 0.717) is 6.42 Å². The zero-order valence-electron chi connectivity index (χ0n) is 9.66. The minimum atomic E-state index is -0.706. The van der Waals surface area contributed by atoms with Gasteiger partial charge in [0.05, 0.1) is 12.2 Å². The van der Waals surface area contributed by atoms with Crippen molar-refractivity contribution in [2.45, 2.75) is 40.0 Å². The van der Waals surface area contributed by atoms with Crippen molar-refractivity contribution in [1.29, 1.82) is 0 Å². The van der Waals surface area contributed by atoms with E-state index < -0.39 is 5.97 Å². The number of rotatable bonds is 5. The molecule has 0 aliphatic heterocycles. The fourth-order valence-electron chi connectivity index (χ4n) is 0.531. The highest BCUT2D eigenvalue weighted by atomic mass is 16.5. The van der Waals surface area contributed by atoms with Crippen LogP contribution in [0.25, 0.3) is 0 Å². The molecule has 0 spiro atoms. The maximum Gasteiger partial charge on any atom is 0.310 e. The summed E-state index contributed by atoms with van der Waals surface area (Å²) in [6.07, 6.45) is 3.17. The monoisotopic (exact) mass is 216 g/mol. The predicted octanol–water partition coefficient (Wildman–Crippen LogP) is 2.59. The fraction of sp³-hybridized carbons (Fsp3) is 0.636. The van der Waals surface area contributed by atoms with Crippen molar-refractivity contribution in [3.05, 3.63) is 12.8 Å². The second-order valence-corrected chi connectivity index (χ2v) is 3.05. The molecule has 0 aromatic rings. The van der Waals surface area contributed by atoms with Gasteiger partial charge < -0.3 is 9.84 Å². The molecule has 0 aliphatic rings. The maximum absolute atomic E-state index is 10.3. The normalized spacial score (nSPS) is 10.6. The molecule has 15 heavy (non-hydrogen) atoms. The number of carbonyl (C=O) groups excluding carboxylic acids is 1. The van der Waals surface area contributed by atoms with E-state index in [0.717, 1.165) is 19.1 Å². The van der Waals surface area contributed by atoms with Gasteiger partial charge in [0.15, 0.2) is 0 Å². The first-order valence-corrected chi connectivity index (χ1v) is 5.02. The molecule has 0 aliphatic carbocycles.